The summed E-state index contributed by atoms with van der Waals surface area (Å²) in [4.78, 5) is 38.4. The van der Waals surface area contributed by atoms with Gasteiger partial charge in [-0.2, -0.15) is 0 Å². The van der Waals surface area contributed by atoms with Crippen LogP contribution < -0.4 is 5.48 Å². The van der Waals surface area contributed by atoms with Crippen molar-refractivity contribution >= 4 is 17.5 Å². The standard InChI is InChI=1S/C30H41NO5/c1-25-10-11-26(2,24(34)31-35)17-22(25)29(5)15-13-27(3)19-16-20(32)23(33)30(6,36-7)18(19)8-9-21(27)28(29,4)14-12-25/h8-9,16,22,35H,10-15,17H2,1-7H3,(H,31,34)/t22-,25-,26-,27+,28-,29+,30+/m1/s1. The molecule has 1 amide bonds. The number of hydrogen-bond acceptors (Lipinski definition) is 5. The zero-order chi connectivity index (χ0) is 26.5. The number of hydroxylamine groups is 1. The molecule has 0 bridgehead atoms. The molecule has 0 radical (unpaired) electrons. The fraction of sp³-hybridized carbons (Fsp3) is 0.700. The van der Waals surface area contributed by atoms with Crippen LogP contribution in [0, 0.1) is 33.0 Å². The Morgan fingerprint density at radius 1 is 0.944 bits per heavy atom. The van der Waals surface area contributed by atoms with Gasteiger partial charge in [0.2, 0.25) is 17.5 Å². The van der Waals surface area contributed by atoms with Gasteiger partial charge >= 0.3 is 0 Å². The van der Waals surface area contributed by atoms with Gasteiger partial charge in [0, 0.05) is 17.9 Å². The number of nitrogens with one attached hydrogen (secondary N) is 1. The number of allylic oxidation sites excluding steroid dienone is 4. The quantitative estimate of drug-likeness (QED) is 0.310. The summed E-state index contributed by atoms with van der Waals surface area (Å²) in [7, 11) is 1.50. The summed E-state index contributed by atoms with van der Waals surface area (Å²) >= 11 is 0. The lowest BCUT2D eigenvalue weighted by atomic mass is 9.34. The van der Waals surface area contributed by atoms with Crippen molar-refractivity contribution in [1.29, 1.82) is 0 Å². The minimum atomic E-state index is -1.26. The Labute approximate surface area is 214 Å². The van der Waals surface area contributed by atoms with Crippen LogP contribution in [0.5, 0.6) is 0 Å². The number of ether oxygens (including phenoxy) is 1. The highest BCUT2D eigenvalue weighted by Crippen LogP contribution is 2.75. The van der Waals surface area contributed by atoms with Gasteiger partial charge in [-0.1, -0.05) is 52.3 Å². The molecule has 2 N–H and O–H groups in total. The SMILES string of the molecule is CO[C@]1(C)C(=O)C(=O)C=C2C1=CC=C1[C@@]2(C)CC[C@@]2(C)[C@@H]3C[C@](C)(C(=O)NO)CC[C@]3(C)CC[C@]12C. The highest BCUT2D eigenvalue weighted by Gasteiger charge is 2.68. The zero-order valence-corrected chi connectivity index (χ0v) is 22.8. The molecule has 0 aromatic carbocycles. The van der Waals surface area contributed by atoms with Crippen molar-refractivity contribution < 1.29 is 24.3 Å². The third-order valence-electron chi connectivity index (χ3n) is 12.1. The first kappa shape index (κ1) is 25.6. The van der Waals surface area contributed by atoms with Crippen molar-refractivity contribution in [3.05, 3.63) is 34.9 Å². The molecule has 36 heavy (non-hydrogen) atoms. The summed E-state index contributed by atoms with van der Waals surface area (Å²) in [5, 5.41) is 9.48. The molecule has 3 fully saturated rings. The van der Waals surface area contributed by atoms with Gasteiger partial charge in [-0.15, -0.1) is 0 Å². The predicted octanol–water partition coefficient (Wildman–Crippen LogP) is 5.26. The smallest absolute Gasteiger partial charge is 0.249 e. The second-order valence-electron chi connectivity index (χ2n) is 13.6. The first-order valence-electron chi connectivity index (χ1n) is 13.4. The molecule has 6 heteroatoms. The maximum Gasteiger partial charge on any atom is 0.249 e. The first-order chi connectivity index (χ1) is 16.7. The molecule has 6 nitrogen and oxygen atoms in total. The molecule has 0 aromatic heterocycles. The molecule has 0 saturated heterocycles. The average molecular weight is 496 g/mol. The summed E-state index contributed by atoms with van der Waals surface area (Å²) in [5.74, 6) is -0.950. The van der Waals surface area contributed by atoms with Gasteiger partial charge in [-0.05, 0) is 91.3 Å². The molecule has 5 aliphatic carbocycles. The molecule has 3 saturated carbocycles. The van der Waals surface area contributed by atoms with Gasteiger partial charge in [0.15, 0.2) is 5.60 Å². The molecular formula is C30H41NO5. The third-order valence-corrected chi connectivity index (χ3v) is 12.1. The second-order valence-corrected chi connectivity index (χ2v) is 13.6. The van der Waals surface area contributed by atoms with E-state index in [1.807, 2.05) is 18.5 Å². The third kappa shape index (κ3) is 2.89. The minimum absolute atomic E-state index is 0.0479. The molecule has 0 unspecified atom stereocenters. The Balaban J connectivity index is 1.64. The van der Waals surface area contributed by atoms with E-state index in [1.54, 1.807) is 13.0 Å². The zero-order valence-electron chi connectivity index (χ0n) is 22.8. The van der Waals surface area contributed by atoms with E-state index < -0.39 is 22.6 Å². The van der Waals surface area contributed by atoms with E-state index >= 15 is 0 Å². The van der Waals surface area contributed by atoms with Crippen molar-refractivity contribution in [2.45, 2.75) is 92.1 Å². The largest absolute Gasteiger partial charge is 0.365 e. The maximum atomic E-state index is 12.8. The Kier molecular flexibility index (Phi) is 5.33. The summed E-state index contributed by atoms with van der Waals surface area (Å²) in [6, 6.07) is 0. The van der Waals surface area contributed by atoms with Crippen LogP contribution in [0.3, 0.4) is 0 Å². The molecule has 0 aromatic rings. The number of methoxy groups -OCH3 is 1. The van der Waals surface area contributed by atoms with Crippen molar-refractivity contribution in [2.24, 2.45) is 33.0 Å². The number of hydrogen-bond donors (Lipinski definition) is 2. The Morgan fingerprint density at radius 3 is 2.25 bits per heavy atom. The van der Waals surface area contributed by atoms with E-state index in [9.17, 15) is 19.6 Å². The summed E-state index contributed by atoms with van der Waals surface area (Å²) in [6.07, 6.45) is 12.3. The molecular weight excluding hydrogens is 454 g/mol. The lowest BCUT2D eigenvalue weighted by Gasteiger charge is -2.70. The van der Waals surface area contributed by atoms with Crippen LogP contribution in [0.4, 0.5) is 0 Å². The van der Waals surface area contributed by atoms with Gasteiger partial charge in [-0.3, -0.25) is 19.6 Å². The van der Waals surface area contributed by atoms with Gasteiger partial charge in [0.05, 0.1) is 0 Å². The van der Waals surface area contributed by atoms with E-state index in [2.05, 4.69) is 33.8 Å². The Bertz CT molecular complexity index is 1170. The van der Waals surface area contributed by atoms with Crippen molar-refractivity contribution in [1.82, 2.24) is 5.48 Å². The number of rotatable bonds is 2. The molecule has 0 spiro atoms. The monoisotopic (exact) mass is 495 g/mol. The fourth-order valence-electron chi connectivity index (χ4n) is 9.13. The number of Topliss-reactive ketones (excluding diaryl/α,β-unsaturated/α-hetero) is 1. The second kappa shape index (κ2) is 7.50. The van der Waals surface area contributed by atoms with Crippen LogP contribution in [-0.4, -0.2) is 35.4 Å². The number of fused-ring (bicyclic) bond motifs is 7. The van der Waals surface area contributed by atoms with Gasteiger partial charge in [0.1, 0.15) is 0 Å². The van der Waals surface area contributed by atoms with Crippen molar-refractivity contribution in [3.8, 4) is 0 Å². The summed E-state index contributed by atoms with van der Waals surface area (Å²) in [6.45, 7) is 13.1. The normalized spacial score (nSPS) is 47.9. The van der Waals surface area contributed by atoms with E-state index in [1.165, 1.54) is 12.7 Å². The number of carbonyl (C=O) groups is 3. The van der Waals surface area contributed by atoms with E-state index in [-0.39, 0.29) is 27.6 Å². The summed E-state index contributed by atoms with van der Waals surface area (Å²) in [5.41, 5.74) is 2.77. The van der Waals surface area contributed by atoms with Gasteiger partial charge < -0.3 is 4.74 Å². The van der Waals surface area contributed by atoms with Crippen LogP contribution >= 0.6 is 0 Å². The molecule has 196 valence electrons. The molecule has 0 heterocycles. The van der Waals surface area contributed by atoms with Crippen LogP contribution in [-0.2, 0) is 19.1 Å². The summed E-state index contributed by atoms with van der Waals surface area (Å²) < 4.78 is 5.68. The molecule has 5 aliphatic rings. The fourth-order valence-corrected chi connectivity index (χ4v) is 9.13. The van der Waals surface area contributed by atoms with Crippen molar-refractivity contribution in [3.63, 3.8) is 0 Å². The van der Waals surface area contributed by atoms with Crippen molar-refractivity contribution in [2.75, 3.05) is 7.11 Å². The molecule has 5 rings (SSSR count). The number of amides is 1. The topological polar surface area (TPSA) is 92.7 Å². The van der Waals surface area contributed by atoms with Crippen LogP contribution in [0.15, 0.2) is 34.9 Å². The minimum Gasteiger partial charge on any atom is -0.365 e. The maximum absolute atomic E-state index is 12.8. The Morgan fingerprint density at radius 2 is 1.61 bits per heavy atom. The van der Waals surface area contributed by atoms with E-state index in [4.69, 9.17) is 4.74 Å². The number of carbonyl (C=O) groups excluding carboxylic acids is 3. The predicted molar refractivity (Wildman–Crippen MR) is 136 cm³/mol. The van der Waals surface area contributed by atoms with E-state index in [0.29, 0.717) is 5.92 Å². The molecule has 0 aliphatic heterocycles. The highest BCUT2D eigenvalue weighted by molar-refractivity contribution is 6.46. The lowest BCUT2D eigenvalue weighted by molar-refractivity contribution is -0.173. The first-order valence-corrected chi connectivity index (χ1v) is 13.4. The molecule has 7 atom stereocenters. The van der Waals surface area contributed by atoms with Gasteiger partial charge in [0.25, 0.3) is 0 Å². The van der Waals surface area contributed by atoms with E-state index in [0.717, 1.165) is 56.1 Å². The lowest BCUT2D eigenvalue weighted by Crippen LogP contribution is -2.63. The average Bonchev–Trinajstić information content (AvgIpc) is 2.85. The van der Waals surface area contributed by atoms with Gasteiger partial charge in [-0.25, -0.2) is 5.48 Å². The Hall–Kier alpha value is -2.05. The van der Waals surface area contributed by atoms with Crippen LogP contribution in [0.2, 0.25) is 0 Å². The van der Waals surface area contributed by atoms with Crippen LogP contribution in [0.1, 0.15) is 86.5 Å². The number of ketones is 2. The van der Waals surface area contributed by atoms with Crippen LogP contribution in [0.25, 0.3) is 0 Å². The highest BCUT2D eigenvalue weighted by atomic mass is 16.5.